The van der Waals surface area contributed by atoms with Gasteiger partial charge in [-0.1, -0.05) is 38.7 Å². The molecule has 0 rings (SSSR count). The summed E-state index contributed by atoms with van der Waals surface area (Å²) >= 11 is 0. The fraction of sp³-hybridized carbons (Fsp3) is 0.800. The number of aliphatic hydroxyl groups excluding tert-OH is 1. The van der Waals surface area contributed by atoms with Crippen LogP contribution in [-0.4, -0.2) is 11.2 Å². The van der Waals surface area contributed by atoms with E-state index < -0.39 is 0 Å². The van der Waals surface area contributed by atoms with Gasteiger partial charge in [0.1, 0.15) is 0 Å². The molecule has 0 aliphatic heterocycles. The van der Waals surface area contributed by atoms with Gasteiger partial charge in [-0.25, -0.2) is 0 Å². The van der Waals surface area contributed by atoms with E-state index in [1.807, 2.05) is 0 Å². The van der Waals surface area contributed by atoms with Crippen LogP contribution in [0.4, 0.5) is 0 Å². The third-order valence-electron chi connectivity index (χ3n) is 1.83. The van der Waals surface area contributed by atoms with Crippen LogP contribution in [0, 0.1) is 0 Å². The highest BCUT2D eigenvalue weighted by atomic mass is 16.3. The largest absolute Gasteiger partial charge is 0.393 e. The average molecular weight is 156 g/mol. The van der Waals surface area contributed by atoms with Gasteiger partial charge in [0, 0.05) is 0 Å². The number of hydrogen-bond acceptors (Lipinski definition) is 1. The molecule has 0 spiro atoms. The molecule has 0 fully saturated rings. The van der Waals surface area contributed by atoms with E-state index in [-0.39, 0.29) is 6.10 Å². The molecule has 1 heteroatoms. The number of unbranched alkanes of at least 4 members (excludes halogenated alkanes) is 3. The molecule has 0 radical (unpaired) electrons. The lowest BCUT2D eigenvalue weighted by molar-refractivity contribution is 0.164. The molecule has 1 N–H and O–H groups in total. The smallest absolute Gasteiger partial charge is 0.0574 e. The van der Waals surface area contributed by atoms with E-state index in [0.29, 0.717) is 0 Å². The van der Waals surface area contributed by atoms with Crippen LogP contribution in [0.5, 0.6) is 0 Å². The van der Waals surface area contributed by atoms with Crippen LogP contribution in [-0.2, 0) is 0 Å². The minimum atomic E-state index is -0.149. The summed E-state index contributed by atoms with van der Waals surface area (Å²) < 4.78 is 0. The first-order chi connectivity index (χ1) is 5.31. The standard InChI is InChI=1S/C10H20O/c1-3-5-6-7-9-10(11)8-4-2/h4,10-11H,2-3,5-9H2,1H3/t10-/m0/s1. The Hall–Kier alpha value is -0.300. The van der Waals surface area contributed by atoms with Gasteiger partial charge in [-0.3, -0.25) is 0 Å². The summed E-state index contributed by atoms with van der Waals surface area (Å²) in [6.07, 6.45) is 8.28. The molecule has 0 aliphatic carbocycles. The Bertz CT molecular complexity index is 88.9. The van der Waals surface area contributed by atoms with Crippen LogP contribution >= 0.6 is 0 Å². The zero-order chi connectivity index (χ0) is 8.53. The van der Waals surface area contributed by atoms with Crippen LogP contribution in [0.25, 0.3) is 0 Å². The van der Waals surface area contributed by atoms with E-state index in [0.717, 1.165) is 19.3 Å². The van der Waals surface area contributed by atoms with Crippen molar-refractivity contribution < 1.29 is 5.11 Å². The molecule has 0 saturated heterocycles. The maximum absolute atomic E-state index is 9.28. The van der Waals surface area contributed by atoms with Crippen LogP contribution in [0.15, 0.2) is 12.7 Å². The van der Waals surface area contributed by atoms with Crippen molar-refractivity contribution in [2.45, 2.75) is 51.6 Å². The van der Waals surface area contributed by atoms with Crippen molar-refractivity contribution in [3.8, 4) is 0 Å². The normalized spacial score (nSPS) is 12.9. The molecule has 0 saturated carbocycles. The van der Waals surface area contributed by atoms with Crippen LogP contribution in [0.3, 0.4) is 0 Å². The van der Waals surface area contributed by atoms with Crippen molar-refractivity contribution >= 4 is 0 Å². The molecular formula is C10H20O. The summed E-state index contributed by atoms with van der Waals surface area (Å²) in [5.74, 6) is 0. The van der Waals surface area contributed by atoms with E-state index in [2.05, 4.69) is 13.5 Å². The summed E-state index contributed by atoms with van der Waals surface area (Å²) in [5.41, 5.74) is 0. The first kappa shape index (κ1) is 10.7. The summed E-state index contributed by atoms with van der Waals surface area (Å²) in [7, 11) is 0. The van der Waals surface area contributed by atoms with E-state index in [1.165, 1.54) is 19.3 Å². The highest BCUT2D eigenvalue weighted by Gasteiger charge is 1.99. The molecule has 0 aromatic rings. The lowest BCUT2D eigenvalue weighted by Crippen LogP contribution is -2.03. The molecule has 1 nitrogen and oxygen atoms in total. The second-order valence-electron chi connectivity index (χ2n) is 3.03. The van der Waals surface area contributed by atoms with Crippen LogP contribution < -0.4 is 0 Å². The first-order valence-corrected chi connectivity index (χ1v) is 4.60. The van der Waals surface area contributed by atoms with E-state index in [4.69, 9.17) is 0 Å². The minimum Gasteiger partial charge on any atom is -0.393 e. The average Bonchev–Trinajstić information content (AvgIpc) is 1.99. The van der Waals surface area contributed by atoms with Crippen molar-refractivity contribution in [2.24, 2.45) is 0 Å². The molecular weight excluding hydrogens is 136 g/mol. The van der Waals surface area contributed by atoms with Gasteiger partial charge in [-0.2, -0.15) is 0 Å². The van der Waals surface area contributed by atoms with Gasteiger partial charge in [0.2, 0.25) is 0 Å². The lowest BCUT2D eigenvalue weighted by Gasteiger charge is -2.06. The molecule has 66 valence electrons. The van der Waals surface area contributed by atoms with Crippen LogP contribution in [0.2, 0.25) is 0 Å². The van der Waals surface area contributed by atoms with Gasteiger partial charge in [-0.15, -0.1) is 6.58 Å². The van der Waals surface area contributed by atoms with Gasteiger partial charge < -0.3 is 5.11 Å². The zero-order valence-electron chi connectivity index (χ0n) is 7.55. The van der Waals surface area contributed by atoms with E-state index in [9.17, 15) is 5.11 Å². The van der Waals surface area contributed by atoms with Gasteiger partial charge in [-0.05, 0) is 12.8 Å². The quantitative estimate of drug-likeness (QED) is 0.444. The lowest BCUT2D eigenvalue weighted by atomic mass is 10.1. The molecule has 0 aromatic carbocycles. The monoisotopic (exact) mass is 156 g/mol. The summed E-state index contributed by atoms with van der Waals surface area (Å²) in [6.45, 7) is 5.78. The van der Waals surface area contributed by atoms with Crippen molar-refractivity contribution in [3.63, 3.8) is 0 Å². The SMILES string of the molecule is C=CC[C@H](O)CCCCCC. The molecule has 0 aromatic heterocycles. The van der Waals surface area contributed by atoms with Gasteiger partial charge in [0.25, 0.3) is 0 Å². The van der Waals surface area contributed by atoms with Gasteiger partial charge in [0.15, 0.2) is 0 Å². The second-order valence-corrected chi connectivity index (χ2v) is 3.03. The van der Waals surface area contributed by atoms with Crippen molar-refractivity contribution in [3.05, 3.63) is 12.7 Å². The highest BCUT2D eigenvalue weighted by Crippen LogP contribution is 2.07. The Kier molecular flexibility index (Phi) is 7.59. The van der Waals surface area contributed by atoms with E-state index in [1.54, 1.807) is 6.08 Å². The maximum atomic E-state index is 9.28. The van der Waals surface area contributed by atoms with Gasteiger partial charge in [0.05, 0.1) is 6.10 Å². The molecule has 0 aliphatic rings. The fourth-order valence-electron chi connectivity index (χ4n) is 1.12. The Morgan fingerprint density at radius 3 is 2.64 bits per heavy atom. The molecule has 1 atom stereocenters. The zero-order valence-corrected chi connectivity index (χ0v) is 7.55. The van der Waals surface area contributed by atoms with Crippen molar-refractivity contribution in [2.75, 3.05) is 0 Å². The Labute approximate surface area is 70.1 Å². The topological polar surface area (TPSA) is 20.2 Å². The summed E-state index contributed by atoms with van der Waals surface area (Å²) in [6, 6.07) is 0. The number of aliphatic hydroxyl groups is 1. The second kappa shape index (κ2) is 7.80. The third-order valence-corrected chi connectivity index (χ3v) is 1.83. The van der Waals surface area contributed by atoms with Crippen LogP contribution in [0.1, 0.15) is 45.4 Å². The predicted octanol–water partition coefficient (Wildman–Crippen LogP) is 2.89. The molecule has 0 unspecified atom stereocenters. The molecule has 0 heterocycles. The summed E-state index contributed by atoms with van der Waals surface area (Å²) in [4.78, 5) is 0. The minimum absolute atomic E-state index is 0.149. The first-order valence-electron chi connectivity index (χ1n) is 4.60. The number of rotatable bonds is 7. The predicted molar refractivity (Wildman–Crippen MR) is 49.6 cm³/mol. The Morgan fingerprint density at radius 1 is 1.36 bits per heavy atom. The molecule has 11 heavy (non-hydrogen) atoms. The van der Waals surface area contributed by atoms with E-state index >= 15 is 0 Å². The highest BCUT2D eigenvalue weighted by molar-refractivity contribution is 4.71. The Morgan fingerprint density at radius 2 is 2.09 bits per heavy atom. The van der Waals surface area contributed by atoms with Crippen molar-refractivity contribution in [1.82, 2.24) is 0 Å². The fourth-order valence-corrected chi connectivity index (χ4v) is 1.12. The molecule has 0 amide bonds. The summed E-state index contributed by atoms with van der Waals surface area (Å²) in [5, 5.41) is 9.28. The Balaban J connectivity index is 3.03. The van der Waals surface area contributed by atoms with Crippen molar-refractivity contribution in [1.29, 1.82) is 0 Å². The maximum Gasteiger partial charge on any atom is 0.0574 e. The number of hydrogen-bond donors (Lipinski definition) is 1. The van der Waals surface area contributed by atoms with Gasteiger partial charge >= 0.3 is 0 Å². The third kappa shape index (κ3) is 7.60. The molecule has 0 bridgehead atoms.